The molecule has 0 aliphatic heterocycles. The fraction of sp³-hybridized carbons (Fsp3) is 0.188. The van der Waals surface area contributed by atoms with E-state index < -0.39 is 0 Å². The van der Waals surface area contributed by atoms with Crippen LogP contribution in [0.1, 0.15) is 5.56 Å². The predicted octanol–water partition coefficient (Wildman–Crippen LogP) is 2.62. The summed E-state index contributed by atoms with van der Waals surface area (Å²) >= 11 is 3.50. The van der Waals surface area contributed by atoms with Gasteiger partial charge in [-0.15, -0.1) is 0 Å². The van der Waals surface area contributed by atoms with Gasteiger partial charge in [-0.3, -0.25) is 9.36 Å². The van der Waals surface area contributed by atoms with Crippen molar-refractivity contribution in [3.05, 3.63) is 57.2 Å². The lowest BCUT2D eigenvalue weighted by molar-refractivity contribution is 0.354. The van der Waals surface area contributed by atoms with E-state index in [9.17, 15) is 4.79 Å². The number of benzene rings is 1. The molecule has 2 aromatic heterocycles. The number of fused-ring (bicyclic) bond motifs is 1. The van der Waals surface area contributed by atoms with Crippen molar-refractivity contribution < 1.29 is 9.47 Å². The first-order chi connectivity index (χ1) is 11.1. The van der Waals surface area contributed by atoms with Crippen molar-refractivity contribution >= 4 is 27.0 Å². The number of aromatic nitrogens is 3. The number of hydrogen-bond acceptors (Lipinski definition) is 5. The van der Waals surface area contributed by atoms with Gasteiger partial charge in [0.1, 0.15) is 6.33 Å². The summed E-state index contributed by atoms with van der Waals surface area (Å²) < 4.78 is 12.9. The number of hydrogen-bond donors (Lipinski definition) is 0. The van der Waals surface area contributed by atoms with Crippen LogP contribution in [0.4, 0.5) is 0 Å². The monoisotopic (exact) mass is 375 g/mol. The molecule has 0 aliphatic carbocycles. The summed E-state index contributed by atoms with van der Waals surface area (Å²) in [5.74, 6) is 1.23. The molecule has 7 heteroatoms. The highest BCUT2D eigenvalue weighted by molar-refractivity contribution is 9.10. The predicted molar refractivity (Wildman–Crippen MR) is 90.1 cm³/mol. The van der Waals surface area contributed by atoms with E-state index in [0.29, 0.717) is 29.1 Å². The van der Waals surface area contributed by atoms with Gasteiger partial charge in [-0.05, 0) is 29.8 Å². The van der Waals surface area contributed by atoms with Crippen LogP contribution in [-0.4, -0.2) is 28.8 Å². The van der Waals surface area contributed by atoms with Crippen LogP contribution in [-0.2, 0) is 6.54 Å². The zero-order valence-electron chi connectivity index (χ0n) is 12.6. The Morgan fingerprint density at radius 1 is 1.17 bits per heavy atom. The first kappa shape index (κ1) is 15.5. The van der Waals surface area contributed by atoms with E-state index in [4.69, 9.17) is 9.47 Å². The Balaban J connectivity index is 2.06. The molecule has 0 aliphatic rings. The number of pyridine rings is 1. The van der Waals surface area contributed by atoms with Crippen molar-refractivity contribution in [2.24, 2.45) is 0 Å². The largest absolute Gasteiger partial charge is 0.493 e. The maximum Gasteiger partial charge on any atom is 0.263 e. The zero-order chi connectivity index (χ0) is 16.4. The first-order valence-corrected chi connectivity index (χ1v) is 7.64. The minimum Gasteiger partial charge on any atom is -0.493 e. The summed E-state index contributed by atoms with van der Waals surface area (Å²) in [4.78, 5) is 20.8. The second kappa shape index (κ2) is 6.37. The third-order valence-electron chi connectivity index (χ3n) is 3.49. The lowest BCUT2D eigenvalue weighted by Gasteiger charge is -2.13. The van der Waals surface area contributed by atoms with E-state index in [-0.39, 0.29) is 5.56 Å². The van der Waals surface area contributed by atoms with Crippen molar-refractivity contribution in [3.63, 3.8) is 0 Å². The van der Waals surface area contributed by atoms with Gasteiger partial charge in [0.2, 0.25) is 0 Å². The molecule has 6 nitrogen and oxygen atoms in total. The van der Waals surface area contributed by atoms with Crippen molar-refractivity contribution in [3.8, 4) is 11.5 Å². The first-order valence-electron chi connectivity index (χ1n) is 6.84. The summed E-state index contributed by atoms with van der Waals surface area (Å²) in [6, 6.07) is 7.10. The Labute approximate surface area is 140 Å². The topological polar surface area (TPSA) is 66.2 Å². The highest BCUT2D eigenvalue weighted by atomic mass is 79.9. The van der Waals surface area contributed by atoms with Gasteiger partial charge in [0, 0.05) is 10.7 Å². The van der Waals surface area contributed by atoms with Crippen molar-refractivity contribution in [1.29, 1.82) is 0 Å². The summed E-state index contributed by atoms with van der Waals surface area (Å²) in [7, 11) is 3.15. The molecule has 0 unspecified atom stereocenters. The standard InChI is InChI=1S/C16H14BrN3O3/c1-22-13-6-10(12(17)7-14(13)23-2)8-20-9-19-15-11(16(20)21)4-3-5-18-15/h3-7,9H,8H2,1-2H3. The Morgan fingerprint density at radius 3 is 2.65 bits per heavy atom. The molecule has 0 saturated carbocycles. The Morgan fingerprint density at radius 2 is 1.91 bits per heavy atom. The Kier molecular flexibility index (Phi) is 4.29. The van der Waals surface area contributed by atoms with Gasteiger partial charge in [0.05, 0.1) is 26.2 Å². The quantitative estimate of drug-likeness (QED) is 0.701. The number of methoxy groups -OCH3 is 2. The van der Waals surface area contributed by atoms with E-state index in [1.807, 2.05) is 12.1 Å². The van der Waals surface area contributed by atoms with Crippen LogP contribution in [0.3, 0.4) is 0 Å². The van der Waals surface area contributed by atoms with Crippen LogP contribution < -0.4 is 15.0 Å². The molecule has 0 N–H and O–H groups in total. The fourth-order valence-corrected chi connectivity index (χ4v) is 2.76. The lowest BCUT2D eigenvalue weighted by atomic mass is 10.2. The molecular formula is C16H14BrN3O3. The molecule has 0 saturated heterocycles. The van der Waals surface area contributed by atoms with Gasteiger partial charge >= 0.3 is 0 Å². The molecule has 118 valence electrons. The molecule has 0 atom stereocenters. The molecule has 0 radical (unpaired) electrons. The van der Waals surface area contributed by atoms with Crippen LogP contribution in [0.2, 0.25) is 0 Å². The maximum atomic E-state index is 12.5. The molecule has 3 rings (SSSR count). The van der Waals surface area contributed by atoms with Crippen molar-refractivity contribution in [1.82, 2.24) is 14.5 Å². The summed E-state index contributed by atoms with van der Waals surface area (Å²) in [5.41, 5.74) is 1.19. The van der Waals surface area contributed by atoms with Crippen LogP contribution in [0.15, 0.2) is 46.1 Å². The Hall–Kier alpha value is -2.41. The second-order valence-corrected chi connectivity index (χ2v) is 5.71. The third-order valence-corrected chi connectivity index (χ3v) is 4.23. The highest BCUT2D eigenvalue weighted by Crippen LogP contribution is 2.33. The smallest absolute Gasteiger partial charge is 0.263 e. The van der Waals surface area contributed by atoms with Crippen LogP contribution in [0, 0.1) is 0 Å². The van der Waals surface area contributed by atoms with E-state index in [0.717, 1.165) is 10.0 Å². The average Bonchev–Trinajstić information content (AvgIpc) is 2.58. The van der Waals surface area contributed by atoms with Gasteiger partial charge in [-0.25, -0.2) is 9.97 Å². The van der Waals surface area contributed by atoms with Crippen LogP contribution >= 0.6 is 15.9 Å². The van der Waals surface area contributed by atoms with Gasteiger partial charge in [0.15, 0.2) is 17.1 Å². The second-order valence-electron chi connectivity index (χ2n) is 4.85. The van der Waals surface area contributed by atoms with Gasteiger partial charge < -0.3 is 9.47 Å². The van der Waals surface area contributed by atoms with E-state index in [1.165, 1.54) is 10.9 Å². The zero-order valence-corrected chi connectivity index (χ0v) is 14.2. The minimum absolute atomic E-state index is 0.134. The van der Waals surface area contributed by atoms with E-state index >= 15 is 0 Å². The maximum absolute atomic E-state index is 12.5. The average molecular weight is 376 g/mol. The molecule has 0 bridgehead atoms. The lowest BCUT2D eigenvalue weighted by Crippen LogP contribution is -2.21. The minimum atomic E-state index is -0.134. The number of nitrogens with zero attached hydrogens (tertiary/aromatic N) is 3. The van der Waals surface area contributed by atoms with Gasteiger partial charge in [0.25, 0.3) is 5.56 Å². The van der Waals surface area contributed by atoms with Crippen molar-refractivity contribution in [2.75, 3.05) is 14.2 Å². The van der Waals surface area contributed by atoms with E-state index in [1.54, 1.807) is 32.5 Å². The normalized spacial score (nSPS) is 10.7. The molecule has 2 heterocycles. The summed E-state index contributed by atoms with van der Waals surface area (Å²) in [6.07, 6.45) is 3.12. The van der Waals surface area contributed by atoms with Crippen molar-refractivity contribution in [2.45, 2.75) is 6.54 Å². The molecule has 3 aromatic rings. The SMILES string of the molecule is COc1cc(Br)c(Cn2cnc3ncccc3c2=O)cc1OC. The highest BCUT2D eigenvalue weighted by Gasteiger charge is 2.12. The Bertz CT molecular complexity index is 924. The molecule has 0 amide bonds. The fourth-order valence-electron chi connectivity index (χ4n) is 2.31. The number of rotatable bonds is 4. The number of ether oxygens (including phenoxy) is 2. The third kappa shape index (κ3) is 2.92. The molecule has 1 aromatic carbocycles. The molecular weight excluding hydrogens is 362 g/mol. The summed E-state index contributed by atoms with van der Waals surface area (Å²) in [5, 5.41) is 0.492. The van der Waals surface area contributed by atoms with Gasteiger partial charge in [-0.2, -0.15) is 0 Å². The van der Waals surface area contributed by atoms with Gasteiger partial charge in [-0.1, -0.05) is 15.9 Å². The van der Waals surface area contributed by atoms with Crippen LogP contribution in [0.5, 0.6) is 11.5 Å². The van der Waals surface area contributed by atoms with Crippen LogP contribution in [0.25, 0.3) is 11.0 Å². The summed E-state index contributed by atoms with van der Waals surface area (Å²) in [6.45, 7) is 0.359. The molecule has 0 fully saturated rings. The number of halogens is 1. The molecule has 0 spiro atoms. The van der Waals surface area contributed by atoms with E-state index in [2.05, 4.69) is 25.9 Å². The molecule has 23 heavy (non-hydrogen) atoms.